The zero-order valence-electron chi connectivity index (χ0n) is 21.5. The maximum atomic E-state index is 15.0. The summed E-state index contributed by atoms with van der Waals surface area (Å²) in [6.07, 6.45) is -4.59. The Morgan fingerprint density at radius 3 is 2.71 bits per heavy atom. The minimum atomic E-state index is -2.99. The Morgan fingerprint density at radius 2 is 1.90 bits per heavy atom. The maximum absolute atomic E-state index is 15.0. The number of hydrogen-bond donors (Lipinski definition) is 1. The third-order valence-corrected chi connectivity index (χ3v) is 7.65. The van der Waals surface area contributed by atoms with E-state index in [0.717, 1.165) is 0 Å². The van der Waals surface area contributed by atoms with Crippen molar-refractivity contribution in [1.29, 1.82) is 0 Å². The standard InChI is InChI=1S/C28H24F3N5O5/c29-16-13-39-10-9-18(16)36-19-7-3-2-6-17(19)32-28(36)40-14-11-20(27(37)38)35(12-14)26-23-22(33-25(34-26)24(30)31)15-5-1-4-8-21(15)41-23/h1-8,14,16,18,20,24H,9-13H2,(H,37,38)/t14-,16?,18+,20-/m0/s1. The zero-order chi connectivity index (χ0) is 28.2. The number of nitrogens with zero attached hydrogens (tertiary/aromatic N) is 5. The number of anilines is 1. The van der Waals surface area contributed by atoms with Crippen LogP contribution in [0.3, 0.4) is 0 Å². The molecule has 2 fully saturated rings. The molecule has 4 atom stereocenters. The Labute approximate surface area is 230 Å². The van der Waals surface area contributed by atoms with Gasteiger partial charge in [-0.25, -0.2) is 27.9 Å². The van der Waals surface area contributed by atoms with Crippen LogP contribution in [0.15, 0.2) is 52.9 Å². The highest BCUT2D eigenvalue weighted by molar-refractivity contribution is 6.06. The molecule has 0 spiro atoms. The fraction of sp³-hybridized carbons (Fsp3) is 0.357. The van der Waals surface area contributed by atoms with Crippen LogP contribution in [0.25, 0.3) is 33.1 Å². The zero-order valence-corrected chi connectivity index (χ0v) is 21.5. The van der Waals surface area contributed by atoms with E-state index in [0.29, 0.717) is 35.0 Å². The SMILES string of the molecule is O=C(O)[C@@H]1C[C@H](Oc2nc3ccccc3n2[C@@H]2CCOCC2F)CN1c1nc(C(F)F)nc2c1oc1ccccc12. The molecule has 0 bridgehead atoms. The van der Waals surface area contributed by atoms with Gasteiger partial charge in [-0.2, -0.15) is 4.98 Å². The van der Waals surface area contributed by atoms with Gasteiger partial charge in [0.15, 0.2) is 17.2 Å². The number of para-hydroxylation sites is 3. The molecule has 212 valence electrons. The van der Waals surface area contributed by atoms with Crippen LogP contribution in [0.4, 0.5) is 19.0 Å². The van der Waals surface area contributed by atoms with Crippen molar-refractivity contribution in [1.82, 2.24) is 19.5 Å². The molecule has 0 amide bonds. The number of carboxylic acid groups (broad SMARTS) is 1. The number of benzene rings is 2. The van der Waals surface area contributed by atoms with Crippen molar-refractivity contribution in [3.05, 3.63) is 54.4 Å². The molecular formula is C28H24F3N5O5. The number of fused-ring (bicyclic) bond motifs is 4. The normalized spacial score (nSPS) is 23.3. The first kappa shape index (κ1) is 25.6. The van der Waals surface area contributed by atoms with Crippen LogP contribution in [0.5, 0.6) is 6.01 Å². The Hall–Kier alpha value is -4.39. The highest BCUT2D eigenvalue weighted by atomic mass is 19.3. The summed E-state index contributed by atoms with van der Waals surface area (Å²) in [5, 5.41) is 10.6. The molecule has 7 rings (SSSR count). The van der Waals surface area contributed by atoms with Crippen molar-refractivity contribution in [3.8, 4) is 6.01 Å². The lowest BCUT2D eigenvalue weighted by atomic mass is 10.1. The topological polar surface area (TPSA) is 116 Å². The number of alkyl halides is 3. The van der Waals surface area contributed by atoms with Crippen molar-refractivity contribution in [2.24, 2.45) is 0 Å². The molecule has 13 heteroatoms. The molecule has 0 saturated carbocycles. The summed E-state index contributed by atoms with van der Waals surface area (Å²) in [7, 11) is 0. The molecule has 0 aliphatic carbocycles. The molecule has 3 aromatic heterocycles. The Balaban J connectivity index is 1.29. The summed E-state index contributed by atoms with van der Waals surface area (Å²) in [5.41, 5.74) is 1.98. The van der Waals surface area contributed by atoms with Crippen molar-refractivity contribution < 1.29 is 37.0 Å². The summed E-state index contributed by atoms with van der Waals surface area (Å²) in [5.74, 6) is -1.97. The first-order chi connectivity index (χ1) is 19.9. The van der Waals surface area contributed by atoms with Crippen LogP contribution < -0.4 is 9.64 Å². The van der Waals surface area contributed by atoms with E-state index in [2.05, 4.69) is 15.0 Å². The van der Waals surface area contributed by atoms with E-state index in [1.165, 1.54) is 4.90 Å². The number of aromatic nitrogens is 4. The molecule has 2 aromatic carbocycles. The number of furan rings is 1. The van der Waals surface area contributed by atoms with Crippen LogP contribution >= 0.6 is 0 Å². The van der Waals surface area contributed by atoms with Gasteiger partial charge >= 0.3 is 5.97 Å². The Morgan fingerprint density at radius 1 is 1.10 bits per heavy atom. The first-order valence-electron chi connectivity index (χ1n) is 13.2. The van der Waals surface area contributed by atoms with Gasteiger partial charge in [0.05, 0.1) is 30.2 Å². The van der Waals surface area contributed by atoms with E-state index < -0.39 is 42.6 Å². The van der Waals surface area contributed by atoms with Crippen LogP contribution in [-0.2, 0) is 9.53 Å². The van der Waals surface area contributed by atoms with Crippen molar-refractivity contribution in [2.45, 2.75) is 43.6 Å². The summed E-state index contributed by atoms with van der Waals surface area (Å²) in [6, 6.07) is 12.5. The predicted molar refractivity (Wildman–Crippen MR) is 141 cm³/mol. The average Bonchev–Trinajstić information content (AvgIpc) is 3.66. The lowest BCUT2D eigenvalue weighted by Crippen LogP contribution is -2.37. The molecule has 5 heterocycles. The molecule has 0 radical (unpaired) electrons. The van der Waals surface area contributed by atoms with Gasteiger partial charge in [-0.15, -0.1) is 0 Å². The molecule has 2 aliphatic heterocycles. The summed E-state index contributed by atoms with van der Waals surface area (Å²) in [4.78, 5) is 26.5. The predicted octanol–water partition coefficient (Wildman–Crippen LogP) is 5.07. The third kappa shape index (κ3) is 4.31. The highest BCUT2D eigenvalue weighted by Crippen LogP contribution is 2.39. The first-order valence-corrected chi connectivity index (χ1v) is 13.2. The molecule has 2 saturated heterocycles. The monoisotopic (exact) mass is 567 g/mol. The summed E-state index contributed by atoms with van der Waals surface area (Å²) in [6.45, 7) is 0.310. The van der Waals surface area contributed by atoms with Gasteiger partial charge in [0.2, 0.25) is 0 Å². The maximum Gasteiger partial charge on any atom is 0.326 e. The van der Waals surface area contributed by atoms with Crippen LogP contribution in [-0.4, -0.2) is 68.7 Å². The molecular weight excluding hydrogens is 543 g/mol. The number of rotatable bonds is 6. The Bertz CT molecular complexity index is 1770. The van der Waals surface area contributed by atoms with E-state index in [-0.39, 0.29) is 42.5 Å². The lowest BCUT2D eigenvalue weighted by molar-refractivity contribution is -0.138. The minimum Gasteiger partial charge on any atom is -0.480 e. The quantitative estimate of drug-likeness (QED) is 0.300. The van der Waals surface area contributed by atoms with Gasteiger partial charge < -0.3 is 23.9 Å². The minimum absolute atomic E-state index is 0.00110. The number of ether oxygens (including phenoxy) is 2. The number of hydrogen-bond acceptors (Lipinski definition) is 8. The third-order valence-electron chi connectivity index (χ3n) is 7.65. The molecule has 5 aromatic rings. The van der Waals surface area contributed by atoms with E-state index in [9.17, 15) is 18.7 Å². The number of carboxylic acids is 1. The molecule has 41 heavy (non-hydrogen) atoms. The number of carbonyl (C=O) groups is 1. The highest BCUT2D eigenvalue weighted by Gasteiger charge is 2.42. The molecule has 1 unspecified atom stereocenters. The second kappa shape index (κ2) is 9.91. The van der Waals surface area contributed by atoms with E-state index in [1.807, 2.05) is 18.2 Å². The second-order valence-corrected chi connectivity index (χ2v) is 10.2. The number of imidazole rings is 1. The fourth-order valence-corrected chi connectivity index (χ4v) is 5.79. The largest absolute Gasteiger partial charge is 0.480 e. The van der Waals surface area contributed by atoms with Gasteiger partial charge in [0.1, 0.15) is 29.4 Å². The van der Waals surface area contributed by atoms with Crippen LogP contribution in [0.2, 0.25) is 0 Å². The number of aliphatic carboxylic acids is 1. The summed E-state index contributed by atoms with van der Waals surface area (Å²) < 4.78 is 62.0. The van der Waals surface area contributed by atoms with Crippen LogP contribution in [0.1, 0.15) is 31.1 Å². The van der Waals surface area contributed by atoms with Crippen molar-refractivity contribution in [2.75, 3.05) is 24.7 Å². The molecule has 1 N–H and O–H groups in total. The fourth-order valence-electron chi connectivity index (χ4n) is 5.79. The van der Waals surface area contributed by atoms with E-state index in [4.69, 9.17) is 13.9 Å². The van der Waals surface area contributed by atoms with Gasteiger partial charge in [0, 0.05) is 18.4 Å². The lowest BCUT2D eigenvalue weighted by Gasteiger charge is -2.29. The van der Waals surface area contributed by atoms with Gasteiger partial charge in [0.25, 0.3) is 12.4 Å². The van der Waals surface area contributed by atoms with Crippen molar-refractivity contribution >= 4 is 44.9 Å². The van der Waals surface area contributed by atoms with E-state index >= 15 is 4.39 Å². The molecule has 2 aliphatic rings. The second-order valence-electron chi connectivity index (χ2n) is 10.2. The summed E-state index contributed by atoms with van der Waals surface area (Å²) >= 11 is 0. The average molecular weight is 568 g/mol. The molecule has 10 nitrogen and oxygen atoms in total. The van der Waals surface area contributed by atoms with Gasteiger partial charge in [-0.1, -0.05) is 24.3 Å². The Kier molecular flexibility index (Phi) is 6.18. The van der Waals surface area contributed by atoms with Crippen LogP contribution in [0, 0.1) is 0 Å². The number of halogens is 3. The van der Waals surface area contributed by atoms with E-state index in [1.54, 1.807) is 34.9 Å². The van der Waals surface area contributed by atoms with Crippen molar-refractivity contribution in [3.63, 3.8) is 0 Å². The van der Waals surface area contributed by atoms with Gasteiger partial charge in [-0.3, -0.25) is 4.57 Å². The smallest absolute Gasteiger partial charge is 0.326 e. The van der Waals surface area contributed by atoms with Gasteiger partial charge in [-0.05, 0) is 30.7 Å².